The van der Waals surface area contributed by atoms with Crippen molar-refractivity contribution in [1.82, 2.24) is 4.90 Å². The largest absolute Gasteiger partial charge is 0.338 e. The fourth-order valence-corrected chi connectivity index (χ4v) is 1.95. The summed E-state index contributed by atoms with van der Waals surface area (Å²) in [5, 5.41) is 0. The molecule has 0 N–H and O–H groups in total. The standard InChI is InChI=1S/C10H13NO/c1-7-3-4-9-8(5-7)6-10(12)11(9)2/h3,5,9H,4,6H2,1-2H3. The Morgan fingerprint density at radius 2 is 2.33 bits per heavy atom. The van der Waals surface area contributed by atoms with E-state index in [1.165, 1.54) is 11.1 Å². The minimum atomic E-state index is 0.259. The van der Waals surface area contributed by atoms with E-state index in [0.29, 0.717) is 12.5 Å². The topological polar surface area (TPSA) is 20.3 Å². The molecule has 1 saturated heterocycles. The highest BCUT2D eigenvalue weighted by atomic mass is 16.2. The highest BCUT2D eigenvalue weighted by molar-refractivity contribution is 5.83. The van der Waals surface area contributed by atoms with Crippen molar-refractivity contribution in [2.45, 2.75) is 25.8 Å². The number of hydrogen-bond donors (Lipinski definition) is 0. The summed E-state index contributed by atoms with van der Waals surface area (Å²) in [5.74, 6) is 0.259. The number of likely N-dealkylation sites (tertiary alicyclic amines) is 1. The molecule has 0 aromatic carbocycles. The van der Waals surface area contributed by atoms with E-state index >= 15 is 0 Å². The van der Waals surface area contributed by atoms with Gasteiger partial charge in [0.25, 0.3) is 0 Å². The lowest BCUT2D eigenvalue weighted by Crippen LogP contribution is -2.29. The molecule has 0 aromatic rings. The van der Waals surface area contributed by atoms with Gasteiger partial charge in [0, 0.05) is 7.05 Å². The van der Waals surface area contributed by atoms with Crippen LogP contribution < -0.4 is 0 Å². The first-order valence-electron chi connectivity index (χ1n) is 4.31. The van der Waals surface area contributed by atoms with Gasteiger partial charge >= 0.3 is 0 Å². The van der Waals surface area contributed by atoms with Crippen LogP contribution in [0.2, 0.25) is 0 Å². The Hall–Kier alpha value is -1.05. The number of nitrogens with zero attached hydrogens (tertiary/aromatic N) is 1. The SMILES string of the molecule is CC1=CCC2C(=C1)CC(=O)N2C. The minimum Gasteiger partial charge on any atom is -0.338 e. The van der Waals surface area contributed by atoms with Crippen LogP contribution in [-0.2, 0) is 4.79 Å². The van der Waals surface area contributed by atoms with Gasteiger partial charge in [-0.3, -0.25) is 4.79 Å². The number of carbonyl (C=O) groups excluding carboxylic acids is 1. The van der Waals surface area contributed by atoms with Gasteiger partial charge in [-0.25, -0.2) is 0 Å². The number of rotatable bonds is 0. The van der Waals surface area contributed by atoms with Crippen molar-refractivity contribution < 1.29 is 4.79 Å². The van der Waals surface area contributed by atoms with Crippen LogP contribution in [0.4, 0.5) is 0 Å². The van der Waals surface area contributed by atoms with Gasteiger partial charge in [-0.1, -0.05) is 17.7 Å². The Morgan fingerprint density at radius 1 is 1.58 bits per heavy atom. The summed E-state index contributed by atoms with van der Waals surface area (Å²) in [5.41, 5.74) is 2.59. The molecule has 1 aliphatic carbocycles. The predicted octanol–water partition coefficient (Wildman–Crippen LogP) is 1.49. The van der Waals surface area contributed by atoms with Crippen molar-refractivity contribution in [3.05, 3.63) is 23.3 Å². The van der Waals surface area contributed by atoms with Gasteiger partial charge in [-0.05, 0) is 18.9 Å². The Labute approximate surface area is 72.6 Å². The summed E-state index contributed by atoms with van der Waals surface area (Å²) in [6, 6.07) is 0.362. The highest BCUT2D eigenvalue weighted by Crippen LogP contribution is 2.30. The first-order chi connectivity index (χ1) is 5.68. The van der Waals surface area contributed by atoms with Crippen molar-refractivity contribution in [1.29, 1.82) is 0 Å². The molecule has 1 atom stereocenters. The molecule has 0 aromatic heterocycles. The van der Waals surface area contributed by atoms with Crippen LogP contribution in [0, 0.1) is 0 Å². The van der Waals surface area contributed by atoms with Crippen LogP contribution in [0.25, 0.3) is 0 Å². The van der Waals surface area contributed by atoms with Crippen LogP contribution in [0.3, 0.4) is 0 Å². The number of amides is 1. The summed E-state index contributed by atoms with van der Waals surface area (Å²) in [6.45, 7) is 2.09. The van der Waals surface area contributed by atoms with Crippen molar-refractivity contribution in [3.63, 3.8) is 0 Å². The zero-order valence-corrected chi connectivity index (χ0v) is 7.50. The molecule has 0 saturated carbocycles. The van der Waals surface area contributed by atoms with Gasteiger partial charge in [0.2, 0.25) is 5.91 Å². The van der Waals surface area contributed by atoms with E-state index in [9.17, 15) is 4.79 Å². The molecule has 0 radical (unpaired) electrons. The second-order valence-electron chi connectivity index (χ2n) is 3.60. The van der Waals surface area contributed by atoms with Crippen LogP contribution >= 0.6 is 0 Å². The zero-order chi connectivity index (χ0) is 8.72. The van der Waals surface area contributed by atoms with Gasteiger partial charge in [-0.2, -0.15) is 0 Å². The average molecular weight is 163 g/mol. The number of fused-ring (bicyclic) bond motifs is 1. The van der Waals surface area contributed by atoms with Crippen LogP contribution in [-0.4, -0.2) is 23.9 Å². The number of allylic oxidation sites excluding steroid dienone is 2. The van der Waals surface area contributed by atoms with Gasteiger partial charge in [0.1, 0.15) is 0 Å². The molecule has 1 fully saturated rings. The fraction of sp³-hybridized carbons (Fsp3) is 0.500. The molecule has 1 amide bonds. The van der Waals surface area contributed by atoms with Crippen molar-refractivity contribution in [2.24, 2.45) is 0 Å². The second kappa shape index (κ2) is 2.47. The number of likely N-dealkylation sites (N-methyl/N-ethyl adjacent to an activating group) is 1. The molecule has 1 aliphatic heterocycles. The molecular formula is C10H13NO. The lowest BCUT2D eigenvalue weighted by molar-refractivity contribution is -0.127. The summed E-state index contributed by atoms with van der Waals surface area (Å²) >= 11 is 0. The maximum Gasteiger partial charge on any atom is 0.226 e. The number of carbonyl (C=O) groups is 1. The quantitative estimate of drug-likeness (QED) is 0.530. The van der Waals surface area contributed by atoms with E-state index in [0.717, 1.165) is 6.42 Å². The van der Waals surface area contributed by atoms with Crippen molar-refractivity contribution in [2.75, 3.05) is 7.05 Å². The third kappa shape index (κ3) is 0.986. The molecule has 1 heterocycles. The van der Waals surface area contributed by atoms with E-state index in [-0.39, 0.29) is 5.91 Å². The van der Waals surface area contributed by atoms with E-state index in [1.807, 2.05) is 11.9 Å². The maximum atomic E-state index is 11.3. The fourth-order valence-electron chi connectivity index (χ4n) is 1.95. The van der Waals surface area contributed by atoms with Crippen molar-refractivity contribution >= 4 is 5.91 Å². The molecule has 2 rings (SSSR count). The summed E-state index contributed by atoms with van der Waals surface area (Å²) < 4.78 is 0. The summed E-state index contributed by atoms with van der Waals surface area (Å²) in [6.07, 6.45) is 5.98. The molecular weight excluding hydrogens is 150 g/mol. The Morgan fingerprint density at radius 3 is 3.08 bits per heavy atom. The molecule has 2 aliphatic rings. The normalized spacial score (nSPS) is 28.3. The smallest absolute Gasteiger partial charge is 0.226 e. The van der Waals surface area contributed by atoms with E-state index in [2.05, 4.69) is 19.1 Å². The van der Waals surface area contributed by atoms with Gasteiger partial charge in [0.05, 0.1) is 12.5 Å². The predicted molar refractivity (Wildman–Crippen MR) is 47.6 cm³/mol. The van der Waals surface area contributed by atoms with Crippen LogP contribution in [0.1, 0.15) is 19.8 Å². The Kier molecular flexibility index (Phi) is 1.56. The minimum absolute atomic E-state index is 0.259. The molecule has 0 bridgehead atoms. The second-order valence-corrected chi connectivity index (χ2v) is 3.60. The lowest BCUT2D eigenvalue weighted by Gasteiger charge is -2.22. The Bertz CT molecular complexity index is 288. The van der Waals surface area contributed by atoms with Crippen molar-refractivity contribution in [3.8, 4) is 0 Å². The monoisotopic (exact) mass is 163 g/mol. The number of hydrogen-bond acceptors (Lipinski definition) is 1. The first-order valence-corrected chi connectivity index (χ1v) is 4.31. The third-order valence-corrected chi connectivity index (χ3v) is 2.72. The zero-order valence-electron chi connectivity index (χ0n) is 7.50. The Balaban J connectivity index is 2.30. The van der Waals surface area contributed by atoms with E-state index in [4.69, 9.17) is 0 Å². The molecule has 0 spiro atoms. The highest BCUT2D eigenvalue weighted by Gasteiger charge is 2.32. The third-order valence-electron chi connectivity index (χ3n) is 2.72. The molecule has 2 heteroatoms. The van der Waals surface area contributed by atoms with Crippen LogP contribution in [0.5, 0.6) is 0 Å². The average Bonchev–Trinajstić information content (AvgIpc) is 2.28. The molecule has 64 valence electrons. The van der Waals surface area contributed by atoms with Gasteiger partial charge < -0.3 is 4.90 Å². The first kappa shape index (κ1) is 7.59. The molecule has 12 heavy (non-hydrogen) atoms. The lowest BCUT2D eigenvalue weighted by atomic mass is 9.96. The molecule has 2 nitrogen and oxygen atoms in total. The van der Waals surface area contributed by atoms with Crippen LogP contribution in [0.15, 0.2) is 23.3 Å². The maximum absolute atomic E-state index is 11.3. The van der Waals surface area contributed by atoms with E-state index in [1.54, 1.807) is 0 Å². The summed E-state index contributed by atoms with van der Waals surface area (Å²) in [7, 11) is 1.89. The molecule has 1 unspecified atom stereocenters. The van der Waals surface area contributed by atoms with E-state index < -0.39 is 0 Å². The van der Waals surface area contributed by atoms with Gasteiger partial charge in [0.15, 0.2) is 0 Å². The summed E-state index contributed by atoms with van der Waals surface area (Å²) in [4.78, 5) is 13.2. The van der Waals surface area contributed by atoms with Gasteiger partial charge in [-0.15, -0.1) is 0 Å².